The van der Waals surface area contributed by atoms with E-state index in [9.17, 15) is 4.79 Å². The van der Waals surface area contributed by atoms with Crippen LogP contribution in [0, 0.1) is 0 Å². The molecule has 0 aliphatic heterocycles. The molecule has 0 unspecified atom stereocenters. The second kappa shape index (κ2) is 8.03. The Morgan fingerprint density at radius 2 is 1.96 bits per heavy atom. The average Bonchev–Trinajstić information content (AvgIpc) is 3.27. The van der Waals surface area contributed by atoms with Gasteiger partial charge in [-0.05, 0) is 30.5 Å². The van der Waals surface area contributed by atoms with Crippen molar-refractivity contribution in [2.75, 3.05) is 12.9 Å². The summed E-state index contributed by atoms with van der Waals surface area (Å²) in [5, 5.41) is 11.3. The van der Waals surface area contributed by atoms with E-state index in [2.05, 4.69) is 15.5 Å². The van der Waals surface area contributed by atoms with Crippen molar-refractivity contribution in [2.45, 2.75) is 33.3 Å². The van der Waals surface area contributed by atoms with Crippen LogP contribution >= 0.6 is 34.9 Å². The van der Waals surface area contributed by atoms with Crippen LogP contribution in [0.2, 0.25) is 0 Å². The average molecular weight is 368 g/mol. The van der Waals surface area contributed by atoms with Gasteiger partial charge in [0.15, 0.2) is 8.68 Å². The molecule has 5 nitrogen and oxygen atoms in total. The van der Waals surface area contributed by atoms with Crippen molar-refractivity contribution in [1.29, 1.82) is 0 Å². The van der Waals surface area contributed by atoms with Crippen molar-refractivity contribution < 1.29 is 9.53 Å². The molecule has 122 valence electrons. The molecule has 23 heavy (non-hydrogen) atoms. The number of benzene rings is 1. The zero-order valence-corrected chi connectivity index (χ0v) is 15.1. The van der Waals surface area contributed by atoms with Crippen LogP contribution in [0.15, 0.2) is 32.9 Å². The van der Waals surface area contributed by atoms with Gasteiger partial charge in [0.25, 0.3) is 0 Å². The molecule has 8 heteroatoms. The first-order chi connectivity index (χ1) is 11.2. The summed E-state index contributed by atoms with van der Waals surface area (Å²) in [7, 11) is 1.66. The quantitative estimate of drug-likeness (QED) is 0.723. The van der Waals surface area contributed by atoms with Crippen molar-refractivity contribution in [3.8, 4) is 5.75 Å². The number of carbonyl (C=O) groups excluding carboxylic acids is 1. The van der Waals surface area contributed by atoms with Crippen molar-refractivity contribution in [3.63, 3.8) is 0 Å². The van der Waals surface area contributed by atoms with E-state index in [0.29, 0.717) is 11.8 Å². The summed E-state index contributed by atoms with van der Waals surface area (Å²) in [5.74, 6) is 2.19. The Morgan fingerprint density at radius 3 is 2.61 bits per heavy atom. The van der Waals surface area contributed by atoms with E-state index in [1.807, 2.05) is 24.3 Å². The van der Waals surface area contributed by atoms with E-state index in [1.54, 1.807) is 18.9 Å². The molecule has 0 atom stereocenters. The van der Waals surface area contributed by atoms with Crippen LogP contribution in [-0.4, -0.2) is 35.0 Å². The molecule has 0 radical (unpaired) electrons. The molecule has 3 rings (SSSR count). The number of hydrogen-bond donors (Lipinski definition) is 1. The number of nitrogens with one attached hydrogen (secondary N) is 1. The highest BCUT2D eigenvalue weighted by Gasteiger charge is 2.23. The number of aromatic nitrogens is 2. The van der Waals surface area contributed by atoms with Gasteiger partial charge in [-0.15, -0.1) is 10.2 Å². The Kier molecular flexibility index (Phi) is 5.80. The van der Waals surface area contributed by atoms with Crippen LogP contribution in [0.3, 0.4) is 0 Å². The lowest BCUT2D eigenvalue weighted by Gasteiger charge is -2.01. The van der Waals surface area contributed by atoms with Crippen molar-refractivity contribution >= 4 is 40.8 Å². The largest absolute Gasteiger partial charge is 0.497 e. The van der Waals surface area contributed by atoms with Gasteiger partial charge in [0.2, 0.25) is 5.91 Å². The van der Waals surface area contributed by atoms with Crippen molar-refractivity contribution in [2.24, 2.45) is 0 Å². The summed E-state index contributed by atoms with van der Waals surface area (Å²) < 4.78 is 6.91. The van der Waals surface area contributed by atoms with Gasteiger partial charge in [0.1, 0.15) is 5.75 Å². The maximum Gasteiger partial charge on any atom is 0.230 e. The van der Waals surface area contributed by atoms with Gasteiger partial charge in [-0.2, -0.15) is 0 Å². The predicted octanol–water partition coefficient (Wildman–Crippen LogP) is 3.21. The Bertz CT molecular complexity index is 656. The minimum atomic E-state index is 0.0835. The summed E-state index contributed by atoms with van der Waals surface area (Å²) in [4.78, 5) is 11.6. The first-order valence-corrected chi connectivity index (χ1v) is 10.0. The Labute approximate surface area is 147 Å². The van der Waals surface area contributed by atoms with Gasteiger partial charge in [0, 0.05) is 11.8 Å². The lowest BCUT2D eigenvalue weighted by atomic mass is 10.2. The third-order valence-corrected chi connectivity index (χ3v) is 6.44. The number of ether oxygens (including phenoxy) is 1. The molecule has 1 aliphatic rings. The molecule has 0 spiro atoms. The van der Waals surface area contributed by atoms with Crippen molar-refractivity contribution in [1.82, 2.24) is 15.5 Å². The fourth-order valence-electron chi connectivity index (χ4n) is 1.80. The van der Waals surface area contributed by atoms with Gasteiger partial charge < -0.3 is 10.1 Å². The van der Waals surface area contributed by atoms with Gasteiger partial charge in [-0.25, -0.2) is 0 Å². The number of rotatable bonds is 8. The lowest BCUT2D eigenvalue weighted by Crippen LogP contribution is -2.26. The van der Waals surface area contributed by atoms with E-state index < -0.39 is 0 Å². The molecule has 1 fully saturated rings. The number of thioether (sulfide) groups is 2. The highest BCUT2D eigenvalue weighted by molar-refractivity contribution is 8.03. The summed E-state index contributed by atoms with van der Waals surface area (Å²) in [6.07, 6.45) is 2.22. The molecule has 1 aromatic carbocycles. The molecule has 1 N–H and O–H groups in total. The second-order valence-corrected chi connectivity index (χ2v) is 8.52. The number of amides is 1. The number of carbonyl (C=O) groups is 1. The minimum absolute atomic E-state index is 0.0835. The van der Waals surface area contributed by atoms with Gasteiger partial charge in [-0.1, -0.05) is 47.0 Å². The van der Waals surface area contributed by atoms with E-state index in [1.165, 1.54) is 28.7 Å². The minimum Gasteiger partial charge on any atom is -0.497 e. The summed E-state index contributed by atoms with van der Waals surface area (Å²) in [6, 6.07) is 8.41. The molecule has 0 saturated heterocycles. The van der Waals surface area contributed by atoms with E-state index >= 15 is 0 Å². The Hall–Kier alpha value is -1.25. The Balaban J connectivity index is 1.43. The standard InChI is InChI=1S/C15H17N3O2S3/c1-20-12-6-2-10(3-7-12)8-21-14-17-18-15(23-14)22-9-13(19)16-11-4-5-11/h2-3,6-7,11H,4-5,8-9H2,1H3,(H,16,19). The molecular formula is C15H17N3O2S3. The van der Waals surface area contributed by atoms with Crippen LogP contribution in [0.1, 0.15) is 18.4 Å². The van der Waals surface area contributed by atoms with Crippen LogP contribution in [0.5, 0.6) is 5.75 Å². The highest BCUT2D eigenvalue weighted by Crippen LogP contribution is 2.31. The first kappa shape index (κ1) is 16.6. The summed E-state index contributed by atoms with van der Waals surface area (Å²) >= 11 is 4.64. The molecule has 1 aliphatic carbocycles. The molecule has 2 aromatic rings. The number of methoxy groups -OCH3 is 1. The van der Waals surface area contributed by atoms with E-state index in [-0.39, 0.29) is 5.91 Å². The molecule has 1 aromatic heterocycles. The molecule has 1 heterocycles. The molecule has 1 amide bonds. The molecular weight excluding hydrogens is 350 g/mol. The SMILES string of the molecule is COc1ccc(CSc2nnc(SCC(=O)NC3CC3)s2)cc1. The molecule has 1 saturated carbocycles. The fourth-order valence-corrected chi connectivity index (χ4v) is 4.59. The van der Waals surface area contributed by atoms with Crippen LogP contribution in [0.25, 0.3) is 0 Å². The van der Waals surface area contributed by atoms with Crippen LogP contribution < -0.4 is 10.1 Å². The third-order valence-electron chi connectivity index (χ3n) is 3.18. The molecule has 0 bridgehead atoms. The van der Waals surface area contributed by atoms with Gasteiger partial charge in [0.05, 0.1) is 12.9 Å². The van der Waals surface area contributed by atoms with E-state index in [4.69, 9.17) is 4.74 Å². The topological polar surface area (TPSA) is 64.1 Å². The second-order valence-electron chi connectivity index (χ2n) is 5.10. The van der Waals surface area contributed by atoms with Crippen molar-refractivity contribution in [3.05, 3.63) is 29.8 Å². The zero-order valence-electron chi connectivity index (χ0n) is 12.7. The monoisotopic (exact) mass is 367 g/mol. The maximum atomic E-state index is 11.6. The predicted molar refractivity (Wildman–Crippen MR) is 94.4 cm³/mol. The van der Waals surface area contributed by atoms with Crippen LogP contribution in [0.4, 0.5) is 0 Å². The third kappa shape index (κ3) is 5.40. The van der Waals surface area contributed by atoms with Gasteiger partial charge in [-0.3, -0.25) is 4.79 Å². The smallest absolute Gasteiger partial charge is 0.230 e. The number of hydrogen-bond acceptors (Lipinski definition) is 7. The zero-order chi connectivity index (χ0) is 16.1. The Morgan fingerprint density at radius 1 is 1.26 bits per heavy atom. The summed E-state index contributed by atoms with van der Waals surface area (Å²) in [6.45, 7) is 0. The van der Waals surface area contributed by atoms with E-state index in [0.717, 1.165) is 33.0 Å². The maximum absolute atomic E-state index is 11.6. The lowest BCUT2D eigenvalue weighted by molar-refractivity contribution is -0.118. The van der Waals surface area contributed by atoms with Crippen LogP contribution in [-0.2, 0) is 10.5 Å². The first-order valence-electron chi connectivity index (χ1n) is 7.24. The normalized spacial score (nSPS) is 13.8. The highest BCUT2D eigenvalue weighted by atomic mass is 32.2. The summed E-state index contributed by atoms with van der Waals surface area (Å²) in [5.41, 5.74) is 1.21. The van der Waals surface area contributed by atoms with Gasteiger partial charge >= 0.3 is 0 Å². The fraction of sp³-hybridized carbons (Fsp3) is 0.400. The number of nitrogens with zero attached hydrogens (tertiary/aromatic N) is 2.